The number of rotatable bonds is 5. The Kier molecular flexibility index (Phi) is 5.77. The Hall–Kier alpha value is -0.0800. The Labute approximate surface area is 101 Å². The van der Waals surface area contributed by atoms with E-state index in [2.05, 4.69) is 32.6 Å². The van der Waals surface area contributed by atoms with Crippen LogP contribution in [0.3, 0.4) is 0 Å². The summed E-state index contributed by atoms with van der Waals surface area (Å²) < 4.78 is 0. The van der Waals surface area contributed by atoms with Crippen molar-refractivity contribution >= 4 is 0 Å². The lowest BCUT2D eigenvalue weighted by Crippen LogP contribution is -2.41. The Morgan fingerprint density at radius 2 is 2.00 bits per heavy atom. The lowest BCUT2D eigenvalue weighted by molar-refractivity contribution is 0.0246. The van der Waals surface area contributed by atoms with Gasteiger partial charge in [-0.05, 0) is 57.9 Å². The highest BCUT2D eigenvalue weighted by Crippen LogP contribution is 2.30. The fourth-order valence-electron chi connectivity index (χ4n) is 2.83. The monoisotopic (exact) mass is 227 g/mol. The predicted molar refractivity (Wildman–Crippen MR) is 69.5 cm³/mol. The third kappa shape index (κ3) is 4.06. The molecule has 0 radical (unpaired) electrons. The average Bonchev–Trinajstić information content (AvgIpc) is 2.22. The average molecular weight is 227 g/mol. The molecule has 3 atom stereocenters. The van der Waals surface area contributed by atoms with Crippen molar-refractivity contribution < 1.29 is 5.11 Å². The molecule has 0 heterocycles. The van der Waals surface area contributed by atoms with Gasteiger partial charge in [0.1, 0.15) is 0 Å². The smallest absolute Gasteiger partial charge is 0.0580 e. The van der Waals surface area contributed by atoms with E-state index in [0.717, 1.165) is 25.4 Å². The second-order valence-corrected chi connectivity index (χ2v) is 5.83. The van der Waals surface area contributed by atoms with E-state index in [1.807, 2.05) is 0 Å². The molecule has 2 heteroatoms. The van der Waals surface area contributed by atoms with Gasteiger partial charge in [-0.15, -0.1) is 0 Å². The predicted octanol–water partition coefficient (Wildman–Crippen LogP) is 2.90. The zero-order valence-corrected chi connectivity index (χ0v) is 11.4. The summed E-state index contributed by atoms with van der Waals surface area (Å²) in [6.45, 7) is 11.3. The van der Waals surface area contributed by atoms with Gasteiger partial charge in [0.2, 0.25) is 0 Å². The molecule has 3 unspecified atom stereocenters. The molecule has 1 aliphatic rings. The maximum absolute atomic E-state index is 10.1. The Morgan fingerprint density at radius 1 is 1.31 bits per heavy atom. The van der Waals surface area contributed by atoms with Crippen LogP contribution in [0.2, 0.25) is 0 Å². The summed E-state index contributed by atoms with van der Waals surface area (Å²) in [5.41, 5.74) is 0. The number of nitrogens with zero attached hydrogens (tertiary/aromatic N) is 1. The Balaban J connectivity index is 2.48. The van der Waals surface area contributed by atoms with Gasteiger partial charge in [0.05, 0.1) is 6.10 Å². The van der Waals surface area contributed by atoms with Crippen molar-refractivity contribution in [3.05, 3.63) is 0 Å². The summed E-state index contributed by atoms with van der Waals surface area (Å²) in [5.74, 6) is 1.29. The van der Waals surface area contributed by atoms with Gasteiger partial charge in [0, 0.05) is 12.6 Å². The van der Waals surface area contributed by atoms with Gasteiger partial charge in [-0.3, -0.25) is 0 Å². The van der Waals surface area contributed by atoms with Gasteiger partial charge in [0.25, 0.3) is 0 Å². The van der Waals surface area contributed by atoms with Crippen LogP contribution in [0.5, 0.6) is 0 Å². The minimum absolute atomic E-state index is 0.0608. The van der Waals surface area contributed by atoms with Crippen LogP contribution in [0.1, 0.15) is 53.4 Å². The first-order chi connectivity index (χ1) is 7.54. The molecule has 1 rings (SSSR count). The minimum atomic E-state index is -0.0608. The summed E-state index contributed by atoms with van der Waals surface area (Å²) >= 11 is 0. The highest BCUT2D eigenvalue weighted by atomic mass is 16.3. The van der Waals surface area contributed by atoms with Crippen LogP contribution in [0.4, 0.5) is 0 Å². The molecule has 0 aromatic heterocycles. The van der Waals surface area contributed by atoms with Crippen LogP contribution in [0.15, 0.2) is 0 Å². The summed E-state index contributed by atoms with van der Waals surface area (Å²) in [7, 11) is 0. The summed E-state index contributed by atoms with van der Waals surface area (Å²) in [6.07, 6.45) is 4.55. The van der Waals surface area contributed by atoms with Gasteiger partial charge in [-0.2, -0.15) is 0 Å². The number of aliphatic hydroxyl groups is 1. The molecule has 1 fully saturated rings. The summed E-state index contributed by atoms with van der Waals surface area (Å²) in [4.78, 5) is 2.52. The molecular weight excluding hydrogens is 198 g/mol. The van der Waals surface area contributed by atoms with Crippen LogP contribution < -0.4 is 0 Å². The first-order valence-corrected chi connectivity index (χ1v) is 6.96. The summed E-state index contributed by atoms with van der Waals surface area (Å²) in [5, 5.41) is 10.1. The van der Waals surface area contributed by atoms with E-state index in [9.17, 15) is 5.11 Å². The molecule has 1 N–H and O–H groups in total. The third-order valence-electron chi connectivity index (χ3n) is 3.91. The number of aliphatic hydroxyl groups excluding tert-OH is 1. The van der Waals surface area contributed by atoms with E-state index in [1.54, 1.807) is 0 Å². The van der Waals surface area contributed by atoms with E-state index in [1.165, 1.54) is 19.3 Å². The fourth-order valence-corrected chi connectivity index (χ4v) is 2.83. The molecule has 0 amide bonds. The molecule has 0 aliphatic heterocycles. The van der Waals surface area contributed by atoms with E-state index in [4.69, 9.17) is 0 Å². The van der Waals surface area contributed by atoms with Crippen molar-refractivity contribution in [1.82, 2.24) is 4.90 Å². The van der Waals surface area contributed by atoms with Crippen LogP contribution >= 0.6 is 0 Å². The van der Waals surface area contributed by atoms with Crippen LogP contribution in [0.25, 0.3) is 0 Å². The van der Waals surface area contributed by atoms with E-state index in [0.29, 0.717) is 12.0 Å². The molecule has 0 bridgehead atoms. The van der Waals surface area contributed by atoms with Crippen molar-refractivity contribution in [2.45, 2.75) is 65.5 Å². The van der Waals surface area contributed by atoms with Gasteiger partial charge in [0.15, 0.2) is 0 Å². The quantitative estimate of drug-likeness (QED) is 0.780. The zero-order valence-electron chi connectivity index (χ0n) is 11.4. The van der Waals surface area contributed by atoms with E-state index >= 15 is 0 Å². The van der Waals surface area contributed by atoms with E-state index < -0.39 is 0 Å². The number of hydrogen-bond donors (Lipinski definition) is 1. The first kappa shape index (κ1) is 14.0. The standard InChI is InChI=1S/C14H29NO/c1-5-8-15(11(2)3)10-13-9-12(4)6-7-14(13)16/h11-14,16H,5-10H2,1-4H3. The second kappa shape index (κ2) is 6.61. The van der Waals surface area contributed by atoms with Crippen LogP contribution in [0, 0.1) is 11.8 Å². The highest BCUT2D eigenvalue weighted by molar-refractivity contribution is 4.81. The van der Waals surface area contributed by atoms with Crippen molar-refractivity contribution in [3.63, 3.8) is 0 Å². The molecular formula is C14H29NO. The SMILES string of the molecule is CCCN(CC1CC(C)CCC1O)C(C)C. The van der Waals surface area contributed by atoms with Crippen molar-refractivity contribution in [2.75, 3.05) is 13.1 Å². The first-order valence-electron chi connectivity index (χ1n) is 6.96. The fraction of sp³-hybridized carbons (Fsp3) is 1.00. The van der Waals surface area contributed by atoms with E-state index in [-0.39, 0.29) is 6.10 Å². The molecule has 1 saturated carbocycles. The lowest BCUT2D eigenvalue weighted by Gasteiger charge is -2.37. The molecule has 0 saturated heterocycles. The molecule has 1 aliphatic carbocycles. The maximum atomic E-state index is 10.1. The Morgan fingerprint density at radius 3 is 2.56 bits per heavy atom. The topological polar surface area (TPSA) is 23.5 Å². The third-order valence-corrected chi connectivity index (χ3v) is 3.91. The summed E-state index contributed by atoms with van der Waals surface area (Å²) in [6, 6.07) is 0.601. The van der Waals surface area contributed by atoms with Crippen molar-refractivity contribution in [1.29, 1.82) is 0 Å². The van der Waals surface area contributed by atoms with Gasteiger partial charge < -0.3 is 10.0 Å². The number of hydrogen-bond acceptors (Lipinski definition) is 2. The molecule has 0 aromatic rings. The van der Waals surface area contributed by atoms with Crippen molar-refractivity contribution in [3.8, 4) is 0 Å². The normalized spacial score (nSPS) is 31.3. The maximum Gasteiger partial charge on any atom is 0.0580 e. The molecule has 0 aromatic carbocycles. The second-order valence-electron chi connectivity index (χ2n) is 5.83. The molecule has 16 heavy (non-hydrogen) atoms. The van der Waals surface area contributed by atoms with Gasteiger partial charge in [-0.25, -0.2) is 0 Å². The minimum Gasteiger partial charge on any atom is -0.393 e. The largest absolute Gasteiger partial charge is 0.393 e. The van der Waals surface area contributed by atoms with Crippen molar-refractivity contribution in [2.24, 2.45) is 11.8 Å². The van der Waals surface area contributed by atoms with Crippen LogP contribution in [-0.4, -0.2) is 35.2 Å². The van der Waals surface area contributed by atoms with Crippen LogP contribution in [-0.2, 0) is 0 Å². The Bertz CT molecular complexity index is 193. The molecule has 96 valence electrons. The van der Waals surface area contributed by atoms with Gasteiger partial charge in [-0.1, -0.05) is 13.8 Å². The zero-order chi connectivity index (χ0) is 12.1. The van der Waals surface area contributed by atoms with Gasteiger partial charge >= 0.3 is 0 Å². The lowest BCUT2D eigenvalue weighted by atomic mass is 9.80. The highest BCUT2D eigenvalue weighted by Gasteiger charge is 2.28. The molecule has 2 nitrogen and oxygen atoms in total. The molecule has 0 spiro atoms.